The molecular weight excluding hydrogens is 261 g/mol. The minimum Gasteiger partial charge on any atom is -0.359 e. The molecular formula is C12H19F3N2S. The maximum absolute atomic E-state index is 11.9. The summed E-state index contributed by atoms with van der Waals surface area (Å²) in [6.07, 6.45) is 0.914. The van der Waals surface area contributed by atoms with Gasteiger partial charge in [0.25, 0.3) is 0 Å². The molecule has 104 valence electrons. The van der Waals surface area contributed by atoms with Crippen LogP contribution in [0.15, 0.2) is 4.99 Å². The standard InChI is InChI=1S/C12H19F3N2S/c13-12(14,15)7-3-4-8-16-10-17-11(9-18-10)5-1-2-6-11/h1-9H2,(H,16,17). The van der Waals surface area contributed by atoms with Gasteiger partial charge in [0.1, 0.15) is 0 Å². The van der Waals surface area contributed by atoms with E-state index in [2.05, 4.69) is 10.3 Å². The van der Waals surface area contributed by atoms with Crippen LogP contribution in [-0.2, 0) is 0 Å². The molecule has 0 unspecified atom stereocenters. The lowest BCUT2D eigenvalue weighted by Gasteiger charge is -2.21. The zero-order valence-electron chi connectivity index (χ0n) is 10.4. The van der Waals surface area contributed by atoms with Crippen LogP contribution in [0, 0.1) is 0 Å². The molecule has 0 aromatic rings. The smallest absolute Gasteiger partial charge is 0.359 e. The molecule has 2 aliphatic rings. The van der Waals surface area contributed by atoms with Gasteiger partial charge in [-0.15, -0.1) is 0 Å². The molecule has 6 heteroatoms. The Morgan fingerprint density at radius 2 is 1.94 bits per heavy atom. The Labute approximate surface area is 110 Å². The second-order valence-corrected chi connectivity index (χ2v) is 6.12. The largest absolute Gasteiger partial charge is 0.389 e. The van der Waals surface area contributed by atoms with Crippen LogP contribution in [0.25, 0.3) is 0 Å². The molecule has 0 bridgehead atoms. The maximum Gasteiger partial charge on any atom is 0.389 e. The summed E-state index contributed by atoms with van der Waals surface area (Å²) < 4.78 is 35.8. The van der Waals surface area contributed by atoms with Crippen molar-refractivity contribution >= 4 is 16.9 Å². The van der Waals surface area contributed by atoms with Crippen molar-refractivity contribution in [3.63, 3.8) is 0 Å². The molecule has 1 heterocycles. The van der Waals surface area contributed by atoms with Gasteiger partial charge in [-0.1, -0.05) is 24.6 Å². The van der Waals surface area contributed by atoms with Crippen molar-refractivity contribution in [1.82, 2.24) is 5.32 Å². The zero-order valence-corrected chi connectivity index (χ0v) is 11.2. The first-order chi connectivity index (χ1) is 8.49. The topological polar surface area (TPSA) is 24.4 Å². The van der Waals surface area contributed by atoms with Gasteiger partial charge < -0.3 is 5.32 Å². The first-order valence-corrected chi connectivity index (χ1v) is 7.50. The Morgan fingerprint density at radius 1 is 1.22 bits per heavy atom. The lowest BCUT2D eigenvalue weighted by Crippen LogP contribution is -2.40. The van der Waals surface area contributed by atoms with Gasteiger partial charge in [-0.2, -0.15) is 13.2 Å². The highest BCUT2D eigenvalue weighted by Gasteiger charge is 2.39. The summed E-state index contributed by atoms with van der Waals surface area (Å²) in [5.74, 6) is 1.06. The number of hydrogen-bond donors (Lipinski definition) is 1. The lowest BCUT2D eigenvalue weighted by molar-refractivity contribution is -0.135. The Hall–Kier alpha value is -0.390. The number of thioether (sulfide) groups is 1. The highest BCUT2D eigenvalue weighted by molar-refractivity contribution is 8.14. The molecule has 2 fully saturated rings. The van der Waals surface area contributed by atoms with Crippen LogP contribution in [0.3, 0.4) is 0 Å². The molecule has 2 nitrogen and oxygen atoms in total. The maximum atomic E-state index is 11.9. The molecule has 0 atom stereocenters. The molecule has 2 rings (SSSR count). The number of rotatable bonds is 4. The fourth-order valence-corrected chi connectivity index (χ4v) is 3.77. The molecule has 0 radical (unpaired) electrons. The van der Waals surface area contributed by atoms with Gasteiger partial charge in [-0.3, -0.25) is 4.99 Å². The summed E-state index contributed by atoms with van der Waals surface area (Å²) in [6, 6.07) is 0. The summed E-state index contributed by atoms with van der Waals surface area (Å²) >= 11 is 1.72. The molecule has 1 aliphatic carbocycles. The van der Waals surface area contributed by atoms with Gasteiger partial charge in [0.05, 0.1) is 0 Å². The molecule has 0 aromatic carbocycles. The van der Waals surface area contributed by atoms with Gasteiger partial charge in [-0.25, -0.2) is 0 Å². The van der Waals surface area contributed by atoms with E-state index in [1.807, 2.05) is 0 Å². The molecule has 0 amide bonds. The summed E-state index contributed by atoms with van der Waals surface area (Å²) in [5.41, 5.74) is 0.246. The van der Waals surface area contributed by atoms with Crippen LogP contribution < -0.4 is 5.32 Å². The number of aliphatic imine (C=N–C) groups is 1. The molecule has 1 saturated carbocycles. The predicted molar refractivity (Wildman–Crippen MR) is 69.0 cm³/mol. The number of amidine groups is 1. The Kier molecular flexibility index (Phi) is 4.45. The molecule has 1 aliphatic heterocycles. The molecule has 0 aromatic heterocycles. The number of halogens is 3. The lowest BCUT2D eigenvalue weighted by atomic mass is 10.0. The van der Waals surface area contributed by atoms with Crippen molar-refractivity contribution in [1.29, 1.82) is 0 Å². The van der Waals surface area contributed by atoms with E-state index in [-0.39, 0.29) is 12.0 Å². The van der Waals surface area contributed by atoms with Gasteiger partial charge in [0.2, 0.25) is 0 Å². The summed E-state index contributed by atoms with van der Waals surface area (Å²) in [5, 5.41) is 4.40. The molecule has 1 saturated heterocycles. The predicted octanol–water partition coefficient (Wildman–Crippen LogP) is 3.72. The number of nitrogens with one attached hydrogen (secondary N) is 1. The molecule has 1 spiro atoms. The zero-order chi connectivity index (χ0) is 13.1. The number of unbranched alkanes of at least 4 members (excludes halogenated alkanes) is 1. The van der Waals surface area contributed by atoms with Crippen LogP contribution in [0.5, 0.6) is 0 Å². The number of hydrogen-bond acceptors (Lipinski definition) is 2. The molecule has 1 N–H and O–H groups in total. The van der Waals surface area contributed by atoms with Gasteiger partial charge in [0.15, 0.2) is 5.17 Å². The third-order valence-corrected chi connectivity index (χ3v) is 4.74. The SMILES string of the molecule is FC(F)(F)CCCCN=C1NC2(CCCC2)CS1. The monoisotopic (exact) mass is 280 g/mol. The summed E-state index contributed by atoms with van der Waals surface area (Å²) in [7, 11) is 0. The van der Waals surface area contributed by atoms with E-state index in [9.17, 15) is 13.2 Å². The second-order valence-electron chi connectivity index (χ2n) is 5.16. The van der Waals surface area contributed by atoms with Crippen molar-refractivity contribution < 1.29 is 13.2 Å². The number of nitrogens with zero attached hydrogens (tertiary/aromatic N) is 1. The fourth-order valence-electron chi connectivity index (χ4n) is 2.53. The minimum absolute atomic E-state index is 0.177. The van der Waals surface area contributed by atoms with E-state index in [4.69, 9.17) is 0 Å². The van der Waals surface area contributed by atoms with E-state index in [1.54, 1.807) is 11.8 Å². The fraction of sp³-hybridized carbons (Fsp3) is 0.917. The van der Waals surface area contributed by atoms with Crippen LogP contribution in [0.1, 0.15) is 44.9 Å². The van der Waals surface area contributed by atoms with Crippen molar-refractivity contribution in [3.8, 4) is 0 Å². The summed E-state index contributed by atoms with van der Waals surface area (Å²) in [4.78, 5) is 4.36. The third-order valence-electron chi connectivity index (χ3n) is 3.54. The first-order valence-electron chi connectivity index (χ1n) is 6.51. The van der Waals surface area contributed by atoms with Crippen LogP contribution >= 0.6 is 11.8 Å². The van der Waals surface area contributed by atoms with E-state index in [0.717, 1.165) is 10.9 Å². The van der Waals surface area contributed by atoms with Crippen LogP contribution in [-0.4, -0.2) is 29.2 Å². The van der Waals surface area contributed by atoms with Crippen molar-refractivity contribution in [2.75, 3.05) is 12.3 Å². The van der Waals surface area contributed by atoms with Gasteiger partial charge >= 0.3 is 6.18 Å². The van der Waals surface area contributed by atoms with Crippen LogP contribution in [0.2, 0.25) is 0 Å². The highest BCUT2D eigenvalue weighted by Crippen LogP contribution is 2.37. The van der Waals surface area contributed by atoms with E-state index >= 15 is 0 Å². The number of alkyl halides is 3. The molecule has 18 heavy (non-hydrogen) atoms. The average molecular weight is 280 g/mol. The van der Waals surface area contributed by atoms with Crippen LogP contribution in [0.4, 0.5) is 13.2 Å². The Balaban J connectivity index is 1.65. The average Bonchev–Trinajstić information content (AvgIpc) is 2.88. The second kappa shape index (κ2) is 5.72. The summed E-state index contributed by atoms with van der Waals surface area (Å²) in [6.45, 7) is 0.501. The van der Waals surface area contributed by atoms with Crippen molar-refractivity contribution in [2.24, 2.45) is 4.99 Å². The highest BCUT2D eigenvalue weighted by atomic mass is 32.2. The van der Waals surface area contributed by atoms with Crippen molar-refractivity contribution in [2.45, 2.75) is 56.7 Å². The van der Waals surface area contributed by atoms with Gasteiger partial charge in [-0.05, 0) is 25.7 Å². The van der Waals surface area contributed by atoms with E-state index < -0.39 is 12.6 Å². The normalized spacial score (nSPS) is 24.9. The van der Waals surface area contributed by atoms with Crippen molar-refractivity contribution in [3.05, 3.63) is 0 Å². The Bertz CT molecular complexity index is 309. The van der Waals surface area contributed by atoms with E-state index in [0.29, 0.717) is 13.0 Å². The third kappa shape index (κ3) is 4.07. The first kappa shape index (κ1) is 14.0. The van der Waals surface area contributed by atoms with E-state index in [1.165, 1.54) is 25.7 Å². The minimum atomic E-state index is -4.03. The quantitative estimate of drug-likeness (QED) is 0.794. The van der Waals surface area contributed by atoms with Gasteiger partial charge in [0, 0.05) is 24.3 Å². The Morgan fingerprint density at radius 3 is 2.61 bits per heavy atom.